The number of ketones is 1. The summed E-state index contributed by atoms with van der Waals surface area (Å²) in [6.45, 7) is 13.4. The van der Waals surface area contributed by atoms with E-state index in [9.17, 15) is 24.9 Å². The van der Waals surface area contributed by atoms with Crippen molar-refractivity contribution >= 4 is 11.8 Å². The van der Waals surface area contributed by atoms with Crippen LogP contribution in [0.4, 0.5) is 0 Å². The Morgan fingerprint density at radius 3 is 2.32 bits per heavy atom. The van der Waals surface area contributed by atoms with Gasteiger partial charge in [-0.15, -0.1) is 0 Å². The van der Waals surface area contributed by atoms with Crippen molar-refractivity contribution < 1.29 is 29.6 Å². The molecule has 6 heteroatoms. The van der Waals surface area contributed by atoms with E-state index in [0.717, 1.165) is 29.6 Å². The van der Waals surface area contributed by atoms with Crippen LogP contribution < -0.4 is 0 Å². The smallest absolute Gasteiger partial charge is 0.312 e. The number of carboxylic acid groups (broad SMARTS) is 1. The lowest BCUT2D eigenvalue weighted by Crippen LogP contribution is -2.61. The average Bonchev–Trinajstić information content (AvgIpc) is 3.07. The molecule has 0 spiro atoms. The number of rotatable bonds is 7. The van der Waals surface area contributed by atoms with Gasteiger partial charge >= 0.3 is 5.97 Å². The number of aliphatic hydroxyl groups excluding tert-OH is 1. The molecule has 0 aromatic heterocycles. The third-order valence-corrected chi connectivity index (χ3v) is 9.97. The Morgan fingerprint density at radius 1 is 1.11 bits per heavy atom. The van der Waals surface area contributed by atoms with Crippen LogP contribution in [0.1, 0.15) is 80.6 Å². The summed E-state index contributed by atoms with van der Waals surface area (Å²) in [6.07, 6.45) is 11.4. The van der Waals surface area contributed by atoms with Gasteiger partial charge in [0.05, 0.1) is 17.1 Å². The topological polar surface area (TPSA) is 104 Å². The summed E-state index contributed by atoms with van der Waals surface area (Å²) in [5, 5.41) is 31.0. The van der Waals surface area contributed by atoms with Gasteiger partial charge in [-0.05, 0) is 83.1 Å². The van der Waals surface area contributed by atoms with Gasteiger partial charge in [-0.3, -0.25) is 9.59 Å². The maximum Gasteiger partial charge on any atom is 0.312 e. The fraction of sp³-hybridized carbons (Fsp3) is 0.677. The minimum Gasteiger partial charge on any atom is -0.481 e. The molecule has 3 saturated carbocycles. The molecule has 0 aromatic rings. The Hall–Kier alpha value is -2.02. The maximum absolute atomic E-state index is 13.4. The van der Waals surface area contributed by atoms with Gasteiger partial charge in [0.2, 0.25) is 0 Å². The first-order valence-corrected chi connectivity index (χ1v) is 13.5. The van der Waals surface area contributed by atoms with E-state index in [0.29, 0.717) is 19.3 Å². The molecular weight excluding hydrogens is 468 g/mol. The predicted molar refractivity (Wildman–Crippen MR) is 145 cm³/mol. The summed E-state index contributed by atoms with van der Waals surface area (Å²) in [7, 11) is 1.57. The molecule has 37 heavy (non-hydrogen) atoms. The van der Waals surface area contributed by atoms with E-state index in [1.165, 1.54) is 0 Å². The average molecular weight is 515 g/mol. The van der Waals surface area contributed by atoms with E-state index < -0.39 is 29.2 Å². The molecule has 0 heterocycles. The SMILES string of the molecule is COC(/C=C/C(C)=C\C=C\C(C)=C1/C(=O)C[C@H]2[C@@]3(C)CCC(O)C(C)(C(=O)O)[C@@H]3CC[C@]12C)C(C)(C)O. The molecule has 0 saturated heterocycles. The second-order valence-electron chi connectivity index (χ2n) is 12.8. The number of ether oxygens (including phenoxy) is 1. The number of aliphatic hydroxyl groups is 2. The summed E-state index contributed by atoms with van der Waals surface area (Å²) in [6, 6.07) is 0. The highest BCUT2D eigenvalue weighted by atomic mass is 16.5. The molecule has 3 fully saturated rings. The van der Waals surface area contributed by atoms with Crippen LogP contribution in [0.15, 0.2) is 47.1 Å². The van der Waals surface area contributed by atoms with E-state index in [-0.39, 0.29) is 28.4 Å². The number of carboxylic acids is 1. The monoisotopic (exact) mass is 514 g/mol. The van der Waals surface area contributed by atoms with Crippen LogP contribution in [-0.4, -0.2) is 52.0 Å². The molecule has 3 unspecified atom stereocenters. The van der Waals surface area contributed by atoms with Crippen LogP contribution in [-0.2, 0) is 14.3 Å². The summed E-state index contributed by atoms with van der Waals surface area (Å²) in [4.78, 5) is 25.8. The predicted octanol–water partition coefficient (Wildman–Crippen LogP) is 5.40. The van der Waals surface area contributed by atoms with Crippen LogP contribution in [0.5, 0.6) is 0 Å². The van der Waals surface area contributed by atoms with Crippen LogP contribution in [0.3, 0.4) is 0 Å². The van der Waals surface area contributed by atoms with Crippen LogP contribution >= 0.6 is 0 Å². The molecule has 3 rings (SSSR count). The Bertz CT molecular complexity index is 1040. The highest BCUT2D eigenvalue weighted by molar-refractivity contribution is 6.01. The highest BCUT2D eigenvalue weighted by Gasteiger charge is 2.67. The summed E-state index contributed by atoms with van der Waals surface area (Å²) in [5.74, 6) is -0.883. The first-order chi connectivity index (χ1) is 17.0. The van der Waals surface area contributed by atoms with Gasteiger partial charge in [0.15, 0.2) is 5.78 Å². The van der Waals surface area contributed by atoms with E-state index in [1.807, 2.05) is 44.2 Å². The van der Waals surface area contributed by atoms with Crippen molar-refractivity contribution in [3.8, 4) is 0 Å². The molecule has 3 aliphatic carbocycles. The zero-order valence-corrected chi connectivity index (χ0v) is 23.8. The highest BCUT2D eigenvalue weighted by Crippen LogP contribution is 2.69. The van der Waals surface area contributed by atoms with Gasteiger partial charge in [0, 0.05) is 24.5 Å². The van der Waals surface area contributed by atoms with Gasteiger partial charge < -0.3 is 20.1 Å². The lowest BCUT2D eigenvalue weighted by molar-refractivity contribution is -0.194. The Morgan fingerprint density at radius 2 is 1.76 bits per heavy atom. The van der Waals surface area contributed by atoms with Crippen molar-refractivity contribution in [1.29, 1.82) is 0 Å². The van der Waals surface area contributed by atoms with Crippen LogP contribution in [0, 0.1) is 28.1 Å². The number of methoxy groups -OCH3 is 1. The maximum atomic E-state index is 13.4. The van der Waals surface area contributed by atoms with Crippen LogP contribution in [0.25, 0.3) is 0 Å². The standard InChI is InChI=1S/C31H46O6/c1-19(12-13-25(37-8)28(3,4)36)10-9-11-20(2)26-21(32)18-23-29(5)17-15-24(33)31(7,27(34)35)22(29)14-16-30(23,26)6/h9-13,22-25,33,36H,14-18H2,1-8H3,(H,34,35)/b11-9+,13-12+,19-10-,26-20+/t22-,23+,24?,25?,29+,30+,31?/m1/s1. The van der Waals surface area contributed by atoms with Gasteiger partial charge in [0.1, 0.15) is 6.10 Å². The minimum absolute atomic E-state index is 0.0591. The van der Waals surface area contributed by atoms with E-state index >= 15 is 0 Å². The number of allylic oxidation sites excluding steroid dienone is 7. The molecule has 3 N–H and O–H groups in total. The molecule has 6 nitrogen and oxygen atoms in total. The first-order valence-electron chi connectivity index (χ1n) is 13.5. The van der Waals surface area contributed by atoms with Gasteiger partial charge in [-0.1, -0.05) is 49.8 Å². The largest absolute Gasteiger partial charge is 0.481 e. The lowest BCUT2D eigenvalue weighted by atomic mass is 9.43. The number of aliphatic carboxylic acids is 1. The number of hydrogen-bond acceptors (Lipinski definition) is 5. The summed E-state index contributed by atoms with van der Waals surface area (Å²) < 4.78 is 5.35. The summed E-state index contributed by atoms with van der Waals surface area (Å²) >= 11 is 0. The second-order valence-corrected chi connectivity index (χ2v) is 12.8. The molecule has 3 aliphatic rings. The number of hydrogen-bond donors (Lipinski definition) is 3. The second kappa shape index (κ2) is 10.3. The fourth-order valence-electron chi connectivity index (χ4n) is 7.88. The number of carbonyl (C=O) groups is 2. The molecule has 0 aromatic carbocycles. The van der Waals surface area contributed by atoms with E-state index in [4.69, 9.17) is 4.74 Å². The van der Waals surface area contributed by atoms with Crippen LogP contribution in [0.2, 0.25) is 0 Å². The molecule has 0 aliphatic heterocycles. The molecular formula is C31H46O6. The normalized spacial score (nSPS) is 39.1. The molecule has 0 radical (unpaired) electrons. The Balaban J connectivity index is 1.88. The van der Waals surface area contributed by atoms with E-state index in [2.05, 4.69) is 13.8 Å². The molecule has 206 valence electrons. The zero-order chi connectivity index (χ0) is 28.0. The van der Waals surface area contributed by atoms with Crippen molar-refractivity contribution in [2.45, 2.75) is 98.4 Å². The zero-order valence-electron chi connectivity index (χ0n) is 23.8. The summed E-state index contributed by atoms with van der Waals surface area (Å²) in [5.41, 5.74) is 0.0137. The Kier molecular flexibility index (Phi) is 8.20. The van der Waals surface area contributed by atoms with Gasteiger partial charge in [-0.25, -0.2) is 0 Å². The number of fused-ring (bicyclic) bond motifs is 3. The fourth-order valence-corrected chi connectivity index (χ4v) is 7.88. The van der Waals surface area contributed by atoms with Crippen molar-refractivity contribution in [1.82, 2.24) is 0 Å². The number of Topliss-reactive ketones (excluding diaryl/α,β-unsaturated/α-hetero) is 1. The molecule has 7 atom stereocenters. The van der Waals surface area contributed by atoms with Gasteiger partial charge in [-0.2, -0.15) is 0 Å². The quantitative estimate of drug-likeness (QED) is 0.310. The third kappa shape index (κ3) is 5.05. The Labute approximate surface area is 222 Å². The minimum atomic E-state index is -1.19. The van der Waals surface area contributed by atoms with E-state index in [1.54, 1.807) is 27.9 Å². The van der Waals surface area contributed by atoms with Crippen molar-refractivity contribution in [2.75, 3.05) is 7.11 Å². The van der Waals surface area contributed by atoms with Gasteiger partial charge in [0.25, 0.3) is 0 Å². The lowest BCUT2D eigenvalue weighted by Gasteiger charge is -2.61. The third-order valence-electron chi connectivity index (χ3n) is 9.97. The first kappa shape index (κ1) is 29.5. The molecule has 0 bridgehead atoms. The molecule has 0 amide bonds. The number of carbonyl (C=O) groups excluding carboxylic acids is 1. The van der Waals surface area contributed by atoms with Crippen molar-refractivity contribution in [3.05, 3.63) is 47.1 Å². The van der Waals surface area contributed by atoms with Crippen molar-refractivity contribution in [2.24, 2.45) is 28.1 Å². The van der Waals surface area contributed by atoms with Crippen molar-refractivity contribution in [3.63, 3.8) is 0 Å².